The summed E-state index contributed by atoms with van der Waals surface area (Å²) >= 11 is 0. The molecule has 1 saturated carbocycles. The number of hydrogen-bond donors (Lipinski definition) is 0. The topological polar surface area (TPSA) is 35.5 Å². The smallest absolute Gasteiger partial charge is 0.416 e. The Morgan fingerprint density at radius 3 is 2.47 bits per heavy atom. The van der Waals surface area contributed by atoms with Crippen LogP contribution in [0.1, 0.15) is 24.8 Å². The van der Waals surface area contributed by atoms with Gasteiger partial charge >= 0.3 is 12.1 Å². The first-order chi connectivity index (χ1) is 8.87. The van der Waals surface area contributed by atoms with Gasteiger partial charge < -0.3 is 9.47 Å². The van der Waals surface area contributed by atoms with Crippen molar-refractivity contribution in [1.82, 2.24) is 0 Å². The molecule has 0 aliphatic heterocycles. The van der Waals surface area contributed by atoms with E-state index in [1.165, 1.54) is 19.2 Å². The summed E-state index contributed by atoms with van der Waals surface area (Å²) in [5.74, 6) is -0.518. The van der Waals surface area contributed by atoms with Crippen molar-refractivity contribution in [3.8, 4) is 5.75 Å². The average Bonchev–Trinajstić information content (AvgIpc) is 2.32. The molecule has 1 aliphatic rings. The van der Waals surface area contributed by atoms with Crippen LogP contribution in [0.3, 0.4) is 0 Å². The Balaban J connectivity index is 2.21. The molecule has 2 rings (SSSR count). The number of carbonyl (C=O) groups excluding carboxylic acids is 1. The molecule has 19 heavy (non-hydrogen) atoms. The fourth-order valence-electron chi connectivity index (χ4n) is 1.99. The minimum Gasteiger partial charge on any atom is -0.476 e. The highest BCUT2D eigenvalue weighted by Gasteiger charge is 2.48. The van der Waals surface area contributed by atoms with Crippen molar-refractivity contribution >= 4 is 5.97 Å². The lowest BCUT2D eigenvalue weighted by atomic mass is 9.80. The summed E-state index contributed by atoms with van der Waals surface area (Å²) < 4.78 is 47.8. The zero-order chi connectivity index (χ0) is 14.1. The molecular formula is C13H13F3O3. The molecule has 0 aromatic heterocycles. The molecule has 104 valence electrons. The van der Waals surface area contributed by atoms with Crippen molar-refractivity contribution in [1.29, 1.82) is 0 Å². The van der Waals surface area contributed by atoms with Crippen molar-refractivity contribution in [2.75, 3.05) is 7.11 Å². The Hall–Kier alpha value is -1.72. The Kier molecular flexibility index (Phi) is 3.43. The number of carbonyl (C=O) groups is 1. The molecule has 0 N–H and O–H groups in total. The lowest BCUT2D eigenvalue weighted by molar-refractivity contribution is -0.167. The maximum Gasteiger partial charge on any atom is 0.416 e. The van der Waals surface area contributed by atoms with Gasteiger partial charge in [-0.3, -0.25) is 0 Å². The van der Waals surface area contributed by atoms with Gasteiger partial charge in [-0.2, -0.15) is 13.2 Å². The quantitative estimate of drug-likeness (QED) is 0.794. The lowest BCUT2D eigenvalue weighted by Gasteiger charge is -2.38. The predicted molar refractivity (Wildman–Crippen MR) is 60.7 cm³/mol. The van der Waals surface area contributed by atoms with Crippen LogP contribution in [0, 0.1) is 0 Å². The van der Waals surface area contributed by atoms with Gasteiger partial charge in [-0.25, -0.2) is 4.79 Å². The van der Waals surface area contributed by atoms with Crippen LogP contribution in [0.15, 0.2) is 24.3 Å². The maximum atomic E-state index is 12.6. The van der Waals surface area contributed by atoms with E-state index in [4.69, 9.17) is 4.74 Å². The Morgan fingerprint density at radius 2 is 2.00 bits per heavy atom. The van der Waals surface area contributed by atoms with Crippen molar-refractivity contribution in [2.45, 2.75) is 31.0 Å². The van der Waals surface area contributed by atoms with Gasteiger partial charge in [0.1, 0.15) is 5.75 Å². The largest absolute Gasteiger partial charge is 0.476 e. The Bertz CT molecular complexity index is 478. The summed E-state index contributed by atoms with van der Waals surface area (Å²) in [5, 5.41) is 0. The maximum absolute atomic E-state index is 12.6. The Labute approximate surface area is 108 Å². The van der Waals surface area contributed by atoms with Crippen LogP contribution in [-0.4, -0.2) is 18.7 Å². The highest BCUT2D eigenvalue weighted by atomic mass is 19.4. The molecule has 1 aliphatic carbocycles. The highest BCUT2D eigenvalue weighted by Crippen LogP contribution is 2.39. The molecule has 0 unspecified atom stereocenters. The van der Waals surface area contributed by atoms with Crippen LogP contribution in [0.5, 0.6) is 5.75 Å². The molecule has 3 nitrogen and oxygen atoms in total. The second-order valence-electron chi connectivity index (χ2n) is 4.47. The lowest BCUT2D eigenvalue weighted by Crippen LogP contribution is -2.51. The van der Waals surface area contributed by atoms with E-state index in [1.807, 2.05) is 0 Å². The number of halogens is 3. The fraction of sp³-hybridized carbons (Fsp3) is 0.462. The van der Waals surface area contributed by atoms with Crippen LogP contribution < -0.4 is 4.74 Å². The van der Waals surface area contributed by atoms with Gasteiger partial charge in [-0.1, -0.05) is 6.07 Å². The number of hydrogen-bond acceptors (Lipinski definition) is 3. The summed E-state index contributed by atoms with van der Waals surface area (Å²) in [6.07, 6.45) is -2.74. The second kappa shape index (κ2) is 4.75. The van der Waals surface area contributed by atoms with E-state index in [2.05, 4.69) is 4.74 Å². The predicted octanol–water partition coefficient (Wildman–Crippen LogP) is 3.18. The summed E-state index contributed by atoms with van der Waals surface area (Å²) in [4.78, 5) is 11.6. The molecule has 1 aromatic carbocycles. The molecule has 0 saturated heterocycles. The summed E-state index contributed by atoms with van der Waals surface area (Å²) in [5.41, 5.74) is -1.93. The van der Waals surface area contributed by atoms with E-state index in [9.17, 15) is 18.0 Å². The molecule has 0 radical (unpaired) electrons. The third kappa shape index (κ3) is 2.67. The number of methoxy groups -OCH3 is 1. The number of benzene rings is 1. The van der Waals surface area contributed by atoms with E-state index in [0.29, 0.717) is 12.8 Å². The Morgan fingerprint density at radius 1 is 1.32 bits per heavy atom. The zero-order valence-corrected chi connectivity index (χ0v) is 10.3. The van der Waals surface area contributed by atoms with Crippen LogP contribution in [0.2, 0.25) is 0 Å². The molecule has 0 amide bonds. The van der Waals surface area contributed by atoms with Crippen LogP contribution in [-0.2, 0) is 15.7 Å². The number of rotatable bonds is 3. The van der Waals surface area contributed by atoms with E-state index in [0.717, 1.165) is 18.6 Å². The molecule has 1 fully saturated rings. The first kappa shape index (κ1) is 13.7. The number of alkyl halides is 3. The molecule has 1 aromatic rings. The van der Waals surface area contributed by atoms with Crippen LogP contribution in [0.25, 0.3) is 0 Å². The molecule has 0 atom stereocenters. The van der Waals surface area contributed by atoms with Crippen LogP contribution in [0.4, 0.5) is 13.2 Å². The van der Waals surface area contributed by atoms with Gasteiger partial charge in [-0.05, 0) is 37.5 Å². The monoisotopic (exact) mass is 274 g/mol. The van der Waals surface area contributed by atoms with Gasteiger partial charge in [0.25, 0.3) is 0 Å². The number of ether oxygens (including phenoxy) is 2. The standard InChI is InChI=1S/C13H13F3O3/c1-18-11(17)12(6-3-7-12)19-10-5-2-4-9(8-10)13(14,15)16/h2,4-5,8H,3,6-7H2,1H3. The van der Waals surface area contributed by atoms with Gasteiger partial charge in [-0.15, -0.1) is 0 Å². The summed E-state index contributed by atoms with van der Waals surface area (Å²) in [6.45, 7) is 0. The normalized spacial score (nSPS) is 17.5. The van der Waals surface area contributed by atoms with Gasteiger partial charge in [0.2, 0.25) is 5.60 Å². The van der Waals surface area contributed by atoms with Crippen molar-refractivity contribution < 1.29 is 27.4 Å². The average molecular weight is 274 g/mol. The van der Waals surface area contributed by atoms with Gasteiger partial charge in [0, 0.05) is 0 Å². The van der Waals surface area contributed by atoms with E-state index in [-0.39, 0.29) is 5.75 Å². The van der Waals surface area contributed by atoms with Gasteiger partial charge in [0.05, 0.1) is 12.7 Å². The van der Waals surface area contributed by atoms with Crippen molar-refractivity contribution in [3.63, 3.8) is 0 Å². The first-order valence-electron chi connectivity index (χ1n) is 5.82. The zero-order valence-electron chi connectivity index (χ0n) is 10.3. The SMILES string of the molecule is COC(=O)C1(Oc2cccc(C(F)(F)F)c2)CCC1. The summed E-state index contributed by atoms with van der Waals surface area (Å²) in [7, 11) is 1.23. The van der Waals surface area contributed by atoms with Gasteiger partial charge in [0.15, 0.2) is 0 Å². The highest BCUT2D eigenvalue weighted by molar-refractivity contribution is 5.81. The van der Waals surface area contributed by atoms with E-state index < -0.39 is 23.3 Å². The van der Waals surface area contributed by atoms with Crippen molar-refractivity contribution in [2.24, 2.45) is 0 Å². The third-order valence-corrected chi connectivity index (χ3v) is 3.19. The number of esters is 1. The minimum absolute atomic E-state index is 0.0277. The minimum atomic E-state index is -4.43. The van der Waals surface area contributed by atoms with Crippen LogP contribution >= 0.6 is 0 Å². The molecule has 6 heteroatoms. The van der Waals surface area contributed by atoms with E-state index >= 15 is 0 Å². The first-order valence-corrected chi connectivity index (χ1v) is 5.82. The van der Waals surface area contributed by atoms with Crippen molar-refractivity contribution in [3.05, 3.63) is 29.8 Å². The van der Waals surface area contributed by atoms with E-state index in [1.54, 1.807) is 0 Å². The molecular weight excluding hydrogens is 261 g/mol. The molecule has 0 heterocycles. The second-order valence-corrected chi connectivity index (χ2v) is 4.47. The fourth-order valence-corrected chi connectivity index (χ4v) is 1.99. The third-order valence-electron chi connectivity index (χ3n) is 3.19. The summed E-state index contributed by atoms with van der Waals surface area (Å²) in [6, 6.07) is 4.50. The molecule has 0 spiro atoms. The molecule has 0 bridgehead atoms.